The average Bonchev–Trinajstić information content (AvgIpc) is 3.00. The number of fused-ring (bicyclic) bond motifs is 3. The number of nitrogens with one attached hydrogen (secondary N) is 1. The molecule has 8 heteroatoms. The molecule has 4 aromatic rings. The number of nitrogens with zero attached hydrogens (tertiary/aromatic N) is 2. The molecule has 0 atom stereocenters. The summed E-state index contributed by atoms with van der Waals surface area (Å²) in [6.07, 6.45) is 1.71. The molecule has 1 N–H and O–H groups in total. The lowest BCUT2D eigenvalue weighted by Crippen LogP contribution is -2.10. The lowest BCUT2D eigenvalue weighted by atomic mass is 9.92. The third-order valence-corrected chi connectivity index (χ3v) is 6.01. The predicted octanol–water partition coefficient (Wildman–Crippen LogP) is 6.79. The molecule has 0 unspecified atom stereocenters. The van der Waals surface area contributed by atoms with Crippen LogP contribution in [-0.2, 0) is 6.54 Å². The quantitative estimate of drug-likeness (QED) is 0.334. The molecule has 176 valence electrons. The van der Waals surface area contributed by atoms with Crippen LogP contribution in [0.5, 0.6) is 11.5 Å². The van der Waals surface area contributed by atoms with Gasteiger partial charge in [-0.2, -0.15) is 0 Å². The highest BCUT2D eigenvalue weighted by Gasteiger charge is 2.24. The van der Waals surface area contributed by atoms with Crippen LogP contribution in [-0.4, -0.2) is 24.9 Å². The predicted molar refractivity (Wildman–Crippen MR) is 133 cm³/mol. The second kappa shape index (κ2) is 9.35. The summed E-state index contributed by atoms with van der Waals surface area (Å²) in [5.74, 6) is 0.405. The maximum absolute atomic E-state index is 14.7. The third kappa shape index (κ3) is 4.31. The first-order valence-corrected chi connectivity index (χ1v) is 11.1. The van der Waals surface area contributed by atoms with Gasteiger partial charge in [0.1, 0.15) is 17.5 Å². The van der Waals surface area contributed by atoms with Crippen LogP contribution >= 0.6 is 11.6 Å². The molecule has 0 bridgehead atoms. The minimum absolute atomic E-state index is 0.180. The van der Waals surface area contributed by atoms with Crippen LogP contribution in [0.4, 0.5) is 20.3 Å². The first kappa shape index (κ1) is 22.8. The van der Waals surface area contributed by atoms with Gasteiger partial charge in [0.2, 0.25) is 0 Å². The van der Waals surface area contributed by atoms with Gasteiger partial charge in [-0.05, 0) is 59.2 Å². The Morgan fingerprint density at radius 2 is 1.63 bits per heavy atom. The summed E-state index contributed by atoms with van der Waals surface area (Å²) in [7, 11) is 3.15. The van der Waals surface area contributed by atoms with Crippen molar-refractivity contribution in [3.8, 4) is 22.6 Å². The fraction of sp³-hybridized carbons (Fsp3) is 0.111. The molecule has 5 nitrogen and oxygen atoms in total. The number of methoxy groups -OCH3 is 2. The molecule has 2 heterocycles. The van der Waals surface area contributed by atoms with Gasteiger partial charge in [-0.3, -0.25) is 4.99 Å². The van der Waals surface area contributed by atoms with Crippen molar-refractivity contribution in [3.63, 3.8) is 0 Å². The first-order valence-electron chi connectivity index (χ1n) is 10.8. The van der Waals surface area contributed by atoms with Gasteiger partial charge in [-0.15, -0.1) is 0 Å². The van der Waals surface area contributed by atoms with Crippen LogP contribution in [0.25, 0.3) is 11.1 Å². The monoisotopic (exact) mass is 491 g/mol. The van der Waals surface area contributed by atoms with E-state index in [0.717, 1.165) is 22.4 Å². The minimum Gasteiger partial charge on any atom is -0.493 e. The van der Waals surface area contributed by atoms with Gasteiger partial charge in [0.25, 0.3) is 0 Å². The van der Waals surface area contributed by atoms with Crippen LogP contribution in [0.1, 0.15) is 16.7 Å². The van der Waals surface area contributed by atoms with Gasteiger partial charge in [-0.1, -0.05) is 23.7 Å². The average molecular weight is 492 g/mol. The zero-order valence-corrected chi connectivity index (χ0v) is 19.7. The van der Waals surface area contributed by atoms with Crippen LogP contribution in [0.2, 0.25) is 5.02 Å². The Morgan fingerprint density at radius 3 is 2.37 bits per heavy atom. The Bertz CT molecular complexity index is 1450. The Labute approximate surface area is 206 Å². The minimum atomic E-state index is -0.686. The molecule has 5 rings (SSSR count). The number of pyridine rings is 1. The number of anilines is 2. The van der Waals surface area contributed by atoms with Gasteiger partial charge in [-0.25, -0.2) is 13.8 Å². The number of ether oxygens (including phenoxy) is 2. The molecule has 1 aliphatic rings. The number of rotatable bonds is 5. The van der Waals surface area contributed by atoms with Gasteiger partial charge in [0.05, 0.1) is 32.0 Å². The SMILES string of the molecule is COc1ccc(Nc2cc3c(cn2)CN=C(c2c(F)cccc2F)c2cc(Cl)ccc2-3)cc1OC. The summed E-state index contributed by atoms with van der Waals surface area (Å²) in [6.45, 7) is 0.203. The fourth-order valence-corrected chi connectivity index (χ4v) is 4.30. The van der Waals surface area contributed by atoms with E-state index in [4.69, 9.17) is 21.1 Å². The molecule has 0 fully saturated rings. The van der Waals surface area contributed by atoms with Crippen molar-refractivity contribution >= 4 is 28.8 Å². The van der Waals surface area contributed by atoms with Crippen molar-refractivity contribution in [1.29, 1.82) is 0 Å². The molecule has 0 aliphatic carbocycles. The van der Waals surface area contributed by atoms with E-state index >= 15 is 0 Å². The van der Waals surface area contributed by atoms with Crippen LogP contribution < -0.4 is 14.8 Å². The van der Waals surface area contributed by atoms with Gasteiger partial charge < -0.3 is 14.8 Å². The molecular formula is C27H20ClF2N3O2. The third-order valence-electron chi connectivity index (χ3n) is 5.78. The second-order valence-electron chi connectivity index (χ2n) is 7.87. The van der Waals surface area contributed by atoms with E-state index in [0.29, 0.717) is 27.9 Å². The summed E-state index contributed by atoms with van der Waals surface area (Å²) in [5.41, 5.74) is 3.74. The molecule has 0 saturated heterocycles. The Hall–Kier alpha value is -3.97. The Morgan fingerprint density at radius 1 is 0.857 bits per heavy atom. The number of halogens is 3. The molecule has 35 heavy (non-hydrogen) atoms. The summed E-state index contributed by atoms with van der Waals surface area (Å²) in [6, 6.07) is 16.4. The highest BCUT2D eigenvalue weighted by atomic mass is 35.5. The molecule has 1 aliphatic heterocycles. The highest BCUT2D eigenvalue weighted by molar-refractivity contribution is 6.31. The maximum Gasteiger partial charge on any atom is 0.162 e. The van der Waals surface area contributed by atoms with E-state index in [1.54, 1.807) is 38.6 Å². The van der Waals surface area contributed by atoms with Gasteiger partial charge in [0, 0.05) is 28.5 Å². The van der Waals surface area contributed by atoms with E-state index in [1.165, 1.54) is 18.2 Å². The summed E-state index contributed by atoms with van der Waals surface area (Å²) < 4.78 is 40.1. The van der Waals surface area contributed by atoms with Crippen molar-refractivity contribution in [2.75, 3.05) is 19.5 Å². The fourth-order valence-electron chi connectivity index (χ4n) is 4.13. The molecular weight excluding hydrogens is 472 g/mol. The van der Waals surface area contributed by atoms with Crippen molar-refractivity contribution in [2.24, 2.45) is 4.99 Å². The van der Waals surface area contributed by atoms with Crippen LogP contribution in [0.15, 0.2) is 71.9 Å². The smallest absolute Gasteiger partial charge is 0.162 e. The van der Waals surface area contributed by atoms with E-state index < -0.39 is 11.6 Å². The largest absolute Gasteiger partial charge is 0.493 e. The van der Waals surface area contributed by atoms with E-state index in [-0.39, 0.29) is 17.8 Å². The second-order valence-corrected chi connectivity index (χ2v) is 8.31. The molecule has 3 aromatic carbocycles. The van der Waals surface area contributed by atoms with Crippen LogP contribution in [0.3, 0.4) is 0 Å². The summed E-state index contributed by atoms with van der Waals surface area (Å²) in [5, 5.41) is 3.71. The molecule has 0 spiro atoms. The Kier molecular flexibility index (Phi) is 6.09. The lowest BCUT2D eigenvalue weighted by molar-refractivity contribution is 0.355. The number of hydrogen-bond donors (Lipinski definition) is 1. The maximum atomic E-state index is 14.7. The number of aromatic nitrogens is 1. The topological polar surface area (TPSA) is 55.7 Å². The molecule has 1 aromatic heterocycles. The van der Waals surface area contributed by atoms with E-state index in [2.05, 4.69) is 15.3 Å². The van der Waals surface area contributed by atoms with Crippen molar-refractivity contribution in [2.45, 2.75) is 6.54 Å². The lowest BCUT2D eigenvalue weighted by Gasteiger charge is -2.15. The van der Waals surface area contributed by atoms with Crippen LogP contribution in [0, 0.1) is 11.6 Å². The van der Waals surface area contributed by atoms with Gasteiger partial charge >= 0.3 is 0 Å². The molecule has 0 amide bonds. The highest BCUT2D eigenvalue weighted by Crippen LogP contribution is 2.37. The van der Waals surface area contributed by atoms with Crippen molar-refractivity contribution in [3.05, 3.63) is 100 Å². The van der Waals surface area contributed by atoms with E-state index in [1.807, 2.05) is 24.3 Å². The number of hydrogen-bond acceptors (Lipinski definition) is 5. The zero-order valence-electron chi connectivity index (χ0n) is 18.9. The molecule has 0 saturated carbocycles. The number of benzene rings is 3. The van der Waals surface area contributed by atoms with Gasteiger partial charge in [0.15, 0.2) is 11.5 Å². The zero-order chi connectivity index (χ0) is 24.5. The normalized spacial score (nSPS) is 12.2. The summed E-state index contributed by atoms with van der Waals surface area (Å²) >= 11 is 6.29. The van der Waals surface area contributed by atoms with Crippen molar-refractivity contribution in [1.82, 2.24) is 4.98 Å². The first-order chi connectivity index (χ1) is 17.0. The summed E-state index contributed by atoms with van der Waals surface area (Å²) in [4.78, 5) is 9.11. The number of aliphatic imine (C=N–C) groups is 1. The van der Waals surface area contributed by atoms with Crippen molar-refractivity contribution < 1.29 is 18.3 Å². The Balaban J connectivity index is 1.60. The molecule has 0 radical (unpaired) electrons. The standard InChI is InChI=1S/C27H20ClF2N3O2/c1-34-23-9-7-17(11-24(23)35-2)33-25-12-19-15(13-31-25)14-32-27(20-10-16(28)6-8-18(19)20)26-21(29)4-3-5-22(26)30/h3-13H,14H2,1-2H3,(H,31,33). The van der Waals surface area contributed by atoms with E-state index in [9.17, 15) is 8.78 Å².